The molecule has 18 heavy (non-hydrogen) atoms. The van der Waals surface area contributed by atoms with Crippen LogP contribution in [-0.2, 0) is 11.2 Å². The monoisotopic (exact) mass is 247 g/mol. The molecule has 1 saturated heterocycles. The van der Waals surface area contributed by atoms with Crippen LogP contribution in [0, 0.1) is 12.8 Å². The number of benzene rings is 1. The van der Waals surface area contributed by atoms with Crippen LogP contribution in [-0.4, -0.2) is 25.8 Å². The molecule has 1 aliphatic heterocycles. The second kappa shape index (κ2) is 6.91. The summed E-state index contributed by atoms with van der Waals surface area (Å²) in [5.74, 6) is 0.703. The minimum absolute atomic E-state index is 0.609. The van der Waals surface area contributed by atoms with Gasteiger partial charge in [-0.1, -0.05) is 36.8 Å². The molecule has 1 N–H and O–H groups in total. The maximum atomic E-state index is 5.52. The predicted molar refractivity (Wildman–Crippen MR) is 75.9 cm³/mol. The summed E-state index contributed by atoms with van der Waals surface area (Å²) in [7, 11) is 0. The average Bonchev–Trinajstić information content (AvgIpc) is 2.88. The third kappa shape index (κ3) is 3.82. The summed E-state index contributed by atoms with van der Waals surface area (Å²) in [5.41, 5.74) is 2.81. The first-order valence-corrected chi connectivity index (χ1v) is 7.16. The Hall–Kier alpha value is -0.860. The molecule has 1 heterocycles. The van der Waals surface area contributed by atoms with Gasteiger partial charge in [0, 0.05) is 12.6 Å². The van der Waals surface area contributed by atoms with E-state index >= 15 is 0 Å². The van der Waals surface area contributed by atoms with E-state index in [1.807, 2.05) is 0 Å². The Kier molecular flexibility index (Phi) is 5.21. The van der Waals surface area contributed by atoms with Gasteiger partial charge < -0.3 is 10.1 Å². The molecule has 0 radical (unpaired) electrons. The first kappa shape index (κ1) is 13.6. The minimum Gasteiger partial charge on any atom is -0.381 e. The van der Waals surface area contributed by atoms with Crippen LogP contribution in [0.15, 0.2) is 24.3 Å². The molecule has 2 rings (SSSR count). The number of rotatable bonds is 6. The van der Waals surface area contributed by atoms with Gasteiger partial charge in [0.2, 0.25) is 0 Å². The van der Waals surface area contributed by atoms with Gasteiger partial charge in [0.1, 0.15) is 0 Å². The Labute approximate surface area is 111 Å². The Balaban J connectivity index is 1.88. The highest BCUT2D eigenvalue weighted by Gasteiger charge is 2.24. The number of hydrogen-bond donors (Lipinski definition) is 1. The van der Waals surface area contributed by atoms with Crippen molar-refractivity contribution in [1.82, 2.24) is 5.32 Å². The molecule has 2 atom stereocenters. The van der Waals surface area contributed by atoms with Crippen LogP contribution in [0.25, 0.3) is 0 Å². The van der Waals surface area contributed by atoms with Crippen molar-refractivity contribution in [3.8, 4) is 0 Å². The van der Waals surface area contributed by atoms with Crippen LogP contribution in [0.5, 0.6) is 0 Å². The van der Waals surface area contributed by atoms with E-state index in [0.29, 0.717) is 12.0 Å². The van der Waals surface area contributed by atoms with Crippen LogP contribution in [0.4, 0.5) is 0 Å². The predicted octanol–water partition coefficient (Wildman–Crippen LogP) is 2.94. The molecule has 0 spiro atoms. The fraction of sp³-hybridized carbons (Fsp3) is 0.625. The van der Waals surface area contributed by atoms with Gasteiger partial charge in [-0.15, -0.1) is 0 Å². The maximum absolute atomic E-state index is 5.52. The molecule has 1 aromatic rings. The lowest BCUT2D eigenvalue weighted by Crippen LogP contribution is -2.36. The average molecular weight is 247 g/mol. The molecule has 100 valence electrons. The summed E-state index contributed by atoms with van der Waals surface area (Å²) in [5, 5.41) is 3.63. The van der Waals surface area contributed by atoms with Crippen LogP contribution in [0.1, 0.15) is 30.9 Å². The summed E-state index contributed by atoms with van der Waals surface area (Å²) in [6.45, 7) is 7.28. The number of nitrogens with one attached hydrogen (secondary N) is 1. The summed E-state index contributed by atoms with van der Waals surface area (Å²) >= 11 is 0. The molecule has 0 saturated carbocycles. The van der Waals surface area contributed by atoms with Gasteiger partial charge in [0.15, 0.2) is 0 Å². The smallest absolute Gasteiger partial charge is 0.0510 e. The Morgan fingerprint density at radius 3 is 3.00 bits per heavy atom. The van der Waals surface area contributed by atoms with E-state index in [0.717, 1.165) is 26.2 Å². The molecule has 2 unspecified atom stereocenters. The third-order valence-electron chi connectivity index (χ3n) is 3.83. The second-order valence-corrected chi connectivity index (χ2v) is 5.32. The van der Waals surface area contributed by atoms with Gasteiger partial charge in [0.25, 0.3) is 0 Å². The number of hydrogen-bond acceptors (Lipinski definition) is 2. The fourth-order valence-electron chi connectivity index (χ4n) is 2.83. The number of ether oxygens (including phenoxy) is 1. The van der Waals surface area contributed by atoms with Crippen LogP contribution in [0.3, 0.4) is 0 Å². The van der Waals surface area contributed by atoms with Gasteiger partial charge in [-0.25, -0.2) is 0 Å². The van der Waals surface area contributed by atoms with E-state index in [1.165, 1.54) is 24.0 Å². The van der Waals surface area contributed by atoms with Crippen molar-refractivity contribution in [1.29, 1.82) is 0 Å². The van der Waals surface area contributed by atoms with Gasteiger partial charge in [-0.2, -0.15) is 0 Å². The van der Waals surface area contributed by atoms with Crippen LogP contribution < -0.4 is 5.32 Å². The molecule has 0 aliphatic carbocycles. The van der Waals surface area contributed by atoms with E-state index in [-0.39, 0.29) is 0 Å². The molecule has 2 heteroatoms. The van der Waals surface area contributed by atoms with E-state index in [2.05, 4.69) is 43.4 Å². The molecule has 0 bridgehead atoms. The first-order valence-electron chi connectivity index (χ1n) is 7.16. The van der Waals surface area contributed by atoms with Gasteiger partial charge in [-0.05, 0) is 44.2 Å². The van der Waals surface area contributed by atoms with Gasteiger partial charge >= 0.3 is 0 Å². The molecule has 1 fully saturated rings. The van der Waals surface area contributed by atoms with Gasteiger partial charge in [0.05, 0.1) is 6.61 Å². The third-order valence-corrected chi connectivity index (χ3v) is 3.83. The Morgan fingerprint density at radius 1 is 1.44 bits per heavy atom. The van der Waals surface area contributed by atoms with E-state index in [1.54, 1.807) is 0 Å². The van der Waals surface area contributed by atoms with Crippen molar-refractivity contribution >= 4 is 0 Å². The van der Waals surface area contributed by atoms with E-state index < -0.39 is 0 Å². The lowest BCUT2D eigenvalue weighted by Gasteiger charge is -2.23. The van der Waals surface area contributed by atoms with Crippen molar-refractivity contribution in [2.75, 3.05) is 19.8 Å². The topological polar surface area (TPSA) is 21.3 Å². The standard InChI is InChI=1S/C16H25NO/c1-3-17-16(15-9-10-18-12-15)8-7-14-6-4-5-13(2)11-14/h4-6,11,15-17H,3,7-10,12H2,1-2H3. The Morgan fingerprint density at radius 2 is 2.33 bits per heavy atom. The normalized spacial score (nSPS) is 21.1. The zero-order chi connectivity index (χ0) is 12.8. The minimum atomic E-state index is 0.609. The summed E-state index contributed by atoms with van der Waals surface area (Å²) < 4.78 is 5.52. The van der Waals surface area contributed by atoms with Crippen LogP contribution in [0.2, 0.25) is 0 Å². The van der Waals surface area contributed by atoms with Crippen molar-refractivity contribution < 1.29 is 4.74 Å². The first-order chi connectivity index (χ1) is 8.79. The summed E-state index contributed by atoms with van der Waals surface area (Å²) in [6.07, 6.45) is 3.59. The maximum Gasteiger partial charge on any atom is 0.0510 e. The number of aryl methyl sites for hydroxylation is 2. The zero-order valence-electron chi connectivity index (χ0n) is 11.6. The lowest BCUT2D eigenvalue weighted by atomic mass is 9.93. The molecule has 1 aliphatic rings. The lowest BCUT2D eigenvalue weighted by molar-refractivity contribution is 0.175. The molecule has 2 nitrogen and oxygen atoms in total. The molecule has 0 amide bonds. The Bertz CT molecular complexity index is 358. The van der Waals surface area contributed by atoms with Crippen molar-refractivity contribution in [3.05, 3.63) is 35.4 Å². The SMILES string of the molecule is CCNC(CCc1cccc(C)c1)C1CCOC1. The highest BCUT2D eigenvalue weighted by molar-refractivity contribution is 5.22. The second-order valence-electron chi connectivity index (χ2n) is 5.32. The summed E-state index contributed by atoms with van der Waals surface area (Å²) in [6, 6.07) is 9.47. The zero-order valence-corrected chi connectivity index (χ0v) is 11.6. The molecular weight excluding hydrogens is 222 g/mol. The van der Waals surface area contributed by atoms with Crippen molar-refractivity contribution in [3.63, 3.8) is 0 Å². The highest BCUT2D eigenvalue weighted by Crippen LogP contribution is 2.20. The van der Waals surface area contributed by atoms with E-state index in [9.17, 15) is 0 Å². The van der Waals surface area contributed by atoms with Crippen molar-refractivity contribution in [2.24, 2.45) is 5.92 Å². The largest absolute Gasteiger partial charge is 0.381 e. The summed E-state index contributed by atoms with van der Waals surface area (Å²) in [4.78, 5) is 0. The van der Waals surface area contributed by atoms with E-state index in [4.69, 9.17) is 4.74 Å². The molecule has 1 aromatic carbocycles. The van der Waals surface area contributed by atoms with Crippen molar-refractivity contribution in [2.45, 2.75) is 39.2 Å². The molecule has 0 aromatic heterocycles. The quantitative estimate of drug-likeness (QED) is 0.834. The fourth-order valence-corrected chi connectivity index (χ4v) is 2.83. The van der Waals surface area contributed by atoms with Gasteiger partial charge in [-0.3, -0.25) is 0 Å². The molecular formula is C16H25NO. The van der Waals surface area contributed by atoms with Crippen LogP contribution >= 0.6 is 0 Å². The highest BCUT2D eigenvalue weighted by atomic mass is 16.5.